The highest BCUT2D eigenvalue weighted by molar-refractivity contribution is 5.98. The third kappa shape index (κ3) is 3.48. The van der Waals surface area contributed by atoms with Gasteiger partial charge in [0.1, 0.15) is 5.82 Å². The lowest BCUT2D eigenvalue weighted by Gasteiger charge is -2.40. The molecule has 6 nitrogen and oxygen atoms in total. The van der Waals surface area contributed by atoms with Gasteiger partial charge in [0.25, 0.3) is 5.91 Å². The molecule has 1 aromatic rings. The van der Waals surface area contributed by atoms with Crippen LogP contribution in [0.5, 0.6) is 0 Å². The van der Waals surface area contributed by atoms with E-state index in [0.29, 0.717) is 11.5 Å². The van der Waals surface area contributed by atoms with Crippen LogP contribution in [0.15, 0.2) is 18.3 Å². The Morgan fingerprint density at radius 2 is 2.17 bits per heavy atom. The van der Waals surface area contributed by atoms with Gasteiger partial charge in [-0.15, -0.1) is 0 Å². The molecule has 3 heterocycles. The van der Waals surface area contributed by atoms with Crippen molar-refractivity contribution < 1.29 is 9.53 Å². The van der Waals surface area contributed by atoms with E-state index >= 15 is 0 Å². The molecule has 2 saturated heterocycles. The summed E-state index contributed by atoms with van der Waals surface area (Å²) >= 11 is 0. The number of carbonyl (C=O) groups excluding carboxylic acids is 1. The number of nitrogens with zero attached hydrogens (tertiary/aromatic N) is 2. The van der Waals surface area contributed by atoms with E-state index < -0.39 is 0 Å². The number of anilines is 1. The third-order valence-corrected chi connectivity index (χ3v) is 4.98. The van der Waals surface area contributed by atoms with Crippen molar-refractivity contribution in [3.8, 4) is 0 Å². The van der Waals surface area contributed by atoms with Gasteiger partial charge in [-0.25, -0.2) is 4.98 Å². The van der Waals surface area contributed by atoms with Crippen molar-refractivity contribution in [1.82, 2.24) is 10.3 Å². The van der Waals surface area contributed by atoms with E-state index in [4.69, 9.17) is 10.5 Å². The van der Waals surface area contributed by atoms with Crippen molar-refractivity contribution in [3.05, 3.63) is 23.9 Å². The minimum absolute atomic E-state index is 0.0899. The maximum Gasteiger partial charge on any atom is 0.254 e. The minimum atomic E-state index is -0.0899. The average Bonchev–Trinajstić information content (AvgIpc) is 2.62. The van der Waals surface area contributed by atoms with Crippen LogP contribution < -0.4 is 16.0 Å². The lowest BCUT2D eigenvalue weighted by Crippen LogP contribution is -2.49. The number of rotatable bonds is 3. The lowest BCUT2D eigenvalue weighted by molar-refractivity contribution is -0.0400. The molecule has 0 aliphatic carbocycles. The first-order chi connectivity index (χ1) is 11.2. The predicted octanol–water partition coefficient (Wildman–Crippen LogP) is 1.16. The van der Waals surface area contributed by atoms with E-state index in [9.17, 15) is 4.79 Å². The molecule has 23 heavy (non-hydrogen) atoms. The predicted molar refractivity (Wildman–Crippen MR) is 89.5 cm³/mol. The molecule has 1 aromatic heterocycles. The number of ether oxygens (including phenoxy) is 1. The van der Waals surface area contributed by atoms with E-state index in [1.165, 1.54) is 0 Å². The van der Waals surface area contributed by atoms with Crippen LogP contribution in [0.4, 0.5) is 5.82 Å². The van der Waals surface area contributed by atoms with Gasteiger partial charge in [-0.1, -0.05) is 0 Å². The first kappa shape index (κ1) is 16.2. The highest BCUT2D eigenvalue weighted by atomic mass is 16.5. The molecule has 6 heteroatoms. The molecule has 0 aromatic carbocycles. The van der Waals surface area contributed by atoms with E-state index in [2.05, 4.69) is 15.2 Å². The molecule has 2 fully saturated rings. The molecule has 2 aliphatic rings. The molecule has 2 unspecified atom stereocenters. The number of nitrogens with one attached hydrogen (secondary N) is 1. The summed E-state index contributed by atoms with van der Waals surface area (Å²) in [5.74, 6) is 1.20. The van der Waals surface area contributed by atoms with Crippen LogP contribution >= 0.6 is 0 Å². The van der Waals surface area contributed by atoms with E-state index in [0.717, 1.165) is 51.2 Å². The Morgan fingerprint density at radius 3 is 2.87 bits per heavy atom. The summed E-state index contributed by atoms with van der Waals surface area (Å²) in [6.07, 6.45) is 6.12. The zero-order valence-corrected chi connectivity index (χ0v) is 13.7. The van der Waals surface area contributed by atoms with Crippen LogP contribution in [-0.2, 0) is 4.74 Å². The molecule has 0 spiro atoms. The van der Waals surface area contributed by atoms with Crippen LogP contribution in [0.1, 0.15) is 36.0 Å². The number of hydrogen-bond donors (Lipinski definition) is 2. The number of piperidine rings is 1. The SMILES string of the molecule is CNC(=O)c1cccnc1N1CCC(C2OCCCC2N)CC1. The second kappa shape index (κ2) is 7.27. The van der Waals surface area contributed by atoms with Gasteiger partial charge >= 0.3 is 0 Å². The van der Waals surface area contributed by atoms with E-state index in [1.54, 1.807) is 19.3 Å². The molecule has 0 radical (unpaired) electrons. The van der Waals surface area contributed by atoms with Gasteiger partial charge in [0.2, 0.25) is 0 Å². The molecule has 0 saturated carbocycles. The maximum atomic E-state index is 12.0. The molecule has 3 N–H and O–H groups in total. The number of aromatic nitrogens is 1. The van der Waals surface area contributed by atoms with Crippen molar-refractivity contribution in [2.45, 2.75) is 37.8 Å². The first-order valence-electron chi connectivity index (χ1n) is 8.50. The highest BCUT2D eigenvalue weighted by Gasteiger charge is 2.33. The molecule has 0 bridgehead atoms. The minimum Gasteiger partial charge on any atom is -0.376 e. The van der Waals surface area contributed by atoms with Gasteiger partial charge in [-0.2, -0.15) is 0 Å². The second-order valence-corrected chi connectivity index (χ2v) is 6.42. The van der Waals surface area contributed by atoms with E-state index in [-0.39, 0.29) is 18.1 Å². The molecule has 2 aliphatic heterocycles. The Bertz CT molecular complexity index is 543. The zero-order chi connectivity index (χ0) is 16.2. The number of hydrogen-bond acceptors (Lipinski definition) is 5. The first-order valence-corrected chi connectivity index (χ1v) is 8.50. The maximum absolute atomic E-state index is 12.0. The second-order valence-electron chi connectivity index (χ2n) is 6.42. The van der Waals surface area contributed by atoms with Gasteiger partial charge in [0.15, 0.2) is 0 Å². The van der Waals surface area contributed by atoms with Crippen molar-refractivity contribution >= 4 is 11.7 Å². The number of nitrogens with two attached hydrogens (primary N) is 1. The standard InChI is InChI=1S/C17H26N4O2/c1-19-17(22)13-4-2-8-20-16(13)21-9-6-12(7-10-21)15-14(18)5-3-11-23-15/h2,4,8,12,14-15H,3,5-7,9-11,18H2,1H3,(H,19,22). The summed E-state index contributed by atoms with van der Waals surface area (Å²) in [5, 5.41) is 2.68. The summed E-state index contributed by atoms with van der Waals surface area (Å²) in [6.45, 7) is 2.61. The fraction of sp³-hybridized carbons (Fsp3) is 0.647. The smallest absolute Gasteiger partial charge is 0.254 e. The summed E-state index contributed by atoms with van der Waals surface area (Å²) < 4.78 is 5.93. The number of pyridine rings is 1. The van der Waals surface area contributed by atoms with Crippen LogP contribution in [-0.4, -0.2) is 49.8 Å². The van der Waals surface area contributed by atoms with Crippen molar-refractivity contribution in [1.29, 1.82) is 0 Å². The summed E-state index contributed by atoms with van der Waals surface area (Å²) in [5.41, 5.74) is 6.87. The Balaban J connectivity index is 1.66. The monoisotopic (exact) mass is 318 g/mol. The summed E-state index contributed by atoms with van der Waals surface area (Å²) in [7, 11) is 1.65. The van der Waals surface area contributed by atoms with Crippen molar-refractivity contribution in [2.75, 3.05) is 31.6 Å². The average molecular weight is 318 g/mol. The van der Waals surface area contributed by atoms with Crippen molar-refractivity contribution in [2.24, 2.45) is 11.7 Å². The molecule has 2 atom stereocenters. The van der Waals surface area contributed by atoms with Crippen LogP contribution in [0.2, 0.25) is 0 Å². The zero-order valence-electron chi connectivity index (χ0n) is 13.7. The van der Waals surface area contributed by atoms with Gasteiger partial charge < -0.3 is 20.7 Å². The van der Waals surface area contributed by atoms with Crippen molar-refractivity contribution in [3.63, 3.8) is 0 Å². The Kier molecular flexibility index (Phi) is 5.13. The molecule has 126 valence electrons. The van der Waals surface area contributed by atoms with Crippen LogP contribution in [0.3, 0.4) is 0 Å². The summed E-state index contributed by atoms with van der Waals surface area (Å²) in [6, 6.07) is 3.79. The van der Waals surface area contributed by atoms with Gasteiger partial charge in [0.05, 0.1) is 11.7 Å². The third-order valence-electron chi connectivity index (χ3n) is 4.98. The molecular weight excluding hydrogens is 292 g/mol. The fourth-order valence-corrected chi connectivity index (χ4v) is 3.71. The van der Waals surface area contributed by atoms with Gasteiger partial charge in [-0.3, -0.25) is 4.79 Å². The summed E-state index contributed by atoms with van der Waals surface area (Å²) in [4.78, 5) is 18.7. The number of amides is 1. The highest BCUT2D eigenvalue weighted by Crippen LogP contribution is 2.30. The van der Waals surface area contributed by atoms with E-state index in [1.807, 2.05) is 6.07 Å². The van der Waals surface area contributed by atoms with Crippen LogP contribution in [0.25, 0.3) is 0 Å². The Labute approximate surface area is 137 Å². The van der Waals surface area contributed by atoms with Gasteiger partial charge in [0, 0.05) is 39.0 Å². The molecule has 1 amide bonds. The Hall–Kier alpha value is -1.66. The topological polar surface area (TPSA) is 80.5 Å². The van der Waals surface area contributed by atoms with Gasteiger partial charge in [-0.05, 0) is 43.7 Å². The van der Waals surface area contributed by atoms with Crippen LogP contribution in [0, 0.1) is 5.92 Å². The molecular formula is C17H26N4O2. The fourth-order valence-electron chi connectivity index (χ4n) is 3.71. The number of carbonyl (C=O) groups is 1. The largest absolute Gasteiger partial charge is 0.376 e. The molecule has 3 rings (SSSR count). The quantitative estimate of drug-likeness (QED) is 0.874. The Morgan fingerprint density at radius 1 is 1.39 bits per heavy atom. The lowest BCUT2D eigenvalue weighted by atomic mass is 9.85. The normalized spacial score (nSPS) is 26.1.